The number of aliphatic imine (C=N–C) groups is 1. The highest BCUT2D eigenvalue weighted by atomic mass is 79.9. The molecule has 60 valence electrons. The molecule has 0 amide bonds. The van der Waals surface area contributed by atoms with Crippen molar-refractivity contribution in [1.29, 1.82) is 0 Å². The number of halogens is 1. The number of alkyl halides is 1. The zero-order valence-electron chi connectivity index (χ0n) is 5.99. The van der Waals surface area contributed by atoms with E-state index in [0.29, 0.717) is 0 Å². The number of hydrogen-bond donors (Lipinski definition) is 1. The second-order valence-corrected chi connectivity index (χ2v) is 4.26. The van der Waals surface area contributed by atoms with Gasteiger partial charge in [-0.15, -0.1) is 0 Å². The molecule has 0 fully saturated rings. The van der Waals surface area contributed by atoms with Gasteiger partial charge in [0.15, 0.2) is 6.04 Å². The van der Waals surface area contributed by atoms with Gasteiger partial charge in [-0.2, -0.15) is 0 Å². The fraction of sp³-hybridized carbons (Fsp3) is 0.429. The Bertz CT molecular complexity index is 233. The Morgan fingerprint density at radius 2 is 2.45 bits per heavy atom. The number of nitrogens with zero attached hydrogens (tertiary/aromatic N) is 1. The maximum Gasteiger partial charge on any atom is 0.330 e. The van der Waals surface area contributed by atoms with Crippen molar-refractivity contribution in [2.45, 2.75) is 17.3 Å². The highest BCUT2D eigenvalue weighted by Crippen LogP contribution is 2.28. The summed E-state index contributed by atoms with van der Waals surface area (Å²) in [5.74, 6) is -0.912. The van der Waals surface area contributed by atoms with Crippen LogP contribution in [0, 0.1) is 0 Å². The molecular weight excluding hydrogens is 210 g/mol. The van der Waals surface area contributed by atoms with Crippen LogP contribution in [0.4, 0.5) is 0 Å². The van der Waals surface area contributed by atoms with Gasteiger partial charge in [-0.1, -0.05) is 22.0 Å². The number of rotatable bonds is 1. The monoisotopic (exact) mass is 217 g/mol. The molecular formula is C7H8BrNO2. The second kappa shape index (κ2) is 2.77. The van der Waals surface area contributed by atoms with Crippen molar-refractivity contribution in [3.8, 4) is 0 Å². The smallest absolute Gasteiger partial charge is 0.330 e. The van der Waals surface area contributed by atoms with Gasteiger partial charge in [0.1, 0.15) is 0 Å². The molecule has 1 heterocycles. The molecule has 3 nitrogen and oxygen atoms in total. The fourth-order valence-corrected chi connectivity index (χ4v) is 1.38. The molecule has 11 heavy (non-hydrogen) atoms. The predicted molar refractivity (Wildman–Crippen MR) is 46.4 cm³/mol. The third-order valence-electron chi connectivity index (χ3n) is 1.51. The highest BCUT2D eigenvalue weighted by molar-refractivity contribution is 9.10. The lowest BCUT2D eigenvalue weighted by Crippen LogP contribution is -2.38. The molecule has 1 N–H and O–H groups in total. The van der Waals surface area contributed by atoms with E-state index in [1.165, 1.54) is 6.21 Å². The summed E-state index contributed by atoms with van der Waals surface area (Å²) < 4.78 is -0.548. The SMILES string of the molecule is CC1(Br)C=CC=NC1C(=O)O. The number of allylic oxidation sites excluding steroid dienone is 1. The predicted octanol–water partition coefficient (Wildman–Crippen LogP) is 1.23. The molecule has 0 aromatic carbocycles. The third kappa shape index (κ3) is 1.68. The van der Waals surface area contributed by atoms with Crippen LogP contribution >= 0.6 is 15.9 Å². The summed E-state index contributed by atoms with van der Waals surface area (Å²) in [6.45, 7) is 1.78. The van der Waals surface area contributed by atoms with Crippen LogP contribution in [0.2, 0.25) is 0 Å². The van der Waals surface area contributed by atoms with Crippen LogP contribution in [0.15, 0.2) is 17.1 Å². The lowest BCUT2D eigenvalue weighted by Gasteiger charge is -2.24. The van der Waals surface area contributed by atoms with Crippen molar-refractivity contribution in [3.63, 3.8) is 0 Å². The summed E-state index contributed by atoms with van der Waals surface area (Å²) in [6, 6.07) is -0.715. The minimum Gasteiger partial charge on any atom is -0.480 e. The van der Waals surface area contributed by atoms with E-state index in [0.717, 1.165) is 0 Å². The standard InChI is InChI=1S/C7H8BrNO2/c1-7(8)3-2-4-9-5(7)6(10)11/h2-5H,1H3,(H,10,11). The number of carboxylic acid groups (broad SMARTS) is 1. The van der Waals surface area contributed by atoms with Gasteiger partial charge in [-0.05, 0) is 13.0 Å². The van der Waals surface area contributed by atoms with Crippen LogP contribution in [0.25, 0.3) is 0 Å². The summed E-state index contributed by atoms with van der Waals surface area (Å²) in [5.41, 5.74) is 0. The van der Waals surface area contributed by atoms with Crippen molar-refractivity contribution in [1.82, 2.24) is 0 Å². The number of dihydropyridines is 1. The molecule has 0 bridgehead atoms. The number of aliphatic carboxylic acids is 1. The van der Waals surface area contributed by atoms with Gasteiger partial charge in [-0.3, -0.25) is 4.99 Å². The van der Waals surface area contributed by atoms with Crippen molar-refractivity contribution < 1.29 is 9.90 Å². The third-order valence-corrected chi connectivity index (χ3v) is 2.21. The lowest BCUT2D eigenvalue weighted by molar-refractivity contribution is -0.138. The number of carboxylic acids is 1. The zero-order valence-corrected chi connectivity index (χ0v) is 7.58. The van der Waals surface area contributed by atoms with Crippen molar-refractivity contribution in [2.75, 3.05) is 0 Å². The number of hydrogen-bond acceptors (Lipinski definition) is 2. The van der Waals surface area contributed by atoms with Gasteiger partial charge in [0.25, 0.3) is 0 Å². The minimum atomic E-state index is -0.912. The van der Waals surface area contributed by atoms with Crippen LogP contribution < -0.4 is 0 Å². The van der Waals surface area contributed by atoms with E-state index in [1.807, 2.05) is 0 Å². The average molecular weight is 218 g/mol. The molecule has 0 saturated heterocycles. The Morgan fingerprint density at radius 1 is 1.82 bits per heavy atom. The van der Waals surface area contributed by atoms with Crippen LogP contribution in [-0.2, 0) is 4.79 Å². The van der Waals surface area contributed by atoms with Crippen LogP contribution in [-0.4, -0.2) is 27.7 Å². The van der Waals surface area contributed by atoms with Crippen LogP contribution in [0.1, 0.15) is 6.92 Å². The summed E-state index contributed by atoms with van der Waals surface area (Å²) in [7, 11) is 0. The van der Waals surface area contributed by atoms with Gasteiger partial charge in [0.2, 0.25) is 0 Å². The van der Waals surface area contributed by atoms with Crippen molar-refractivity contribution in [2.24, 2.45) is 4.99 Å². The van der Waals surface area contributed by atoms with E-state index in [2.05, 4.69) is 20.9 Å². The normalized spacial score (nSPS) is 35.6. The maximum absolute atomic E-state index is 10.6. The molecule has 0 saturated carbocycles. The van der Waals surface area contributed by atoms with E-state index >= 15 is 0 Å². The number of carbonyl (C=O) groups is 1. The lowest BCUT2D eigenvalue weighted by atomic mass is 10.0. The Balaban J connectivity index is 2.89. The minimum absolute atomic E-state index is 0.548. The molecule has 0 aromatic rings. The average Bonchev–Trinajstić information content (AvgIpc) is 1.85. The fourth-order valence-electron chi connectivity index (χ4n) is 0.909. The van der Waals surface area contributed by atoms with Gasteiger partial charge >= 0.3 is 5.97 Å². The van der Waals surface area contributed by atoms with E-state index in [4.69, 9.17) is 5.11 Å². The molecule has 0 spiro atoms. The first-order valence-electron chi connectivity index (χ1n) is 3.17. The largest absolute Gasteiger partial charge is 0.480 e. The molecule has 1 aliphatic rings. The maximum atomic E-state index is 10.6. The quantitative estimate of drug-likeness (QED) is 0.673. The molecule has 2 unspecified atom stereocenters. The molecule has 0 aliphatic carbocycles. The molecule has 0 aromatic heterocycles. The molecule has 4 heteroatoms. The van der Waals surface area contributed by atoms with Gasteiger partial charge in [0, 0.05) is 6.21 Å². The second-order valence-electron chi connectivity index (χ2n) is 2.55. The molecule has 2 atom stereocenters. The summed E-state index contributed by atoms with van der Waals surface area (Å²) in [4.78, 5) is 14.4. The van der Waals surface area contributed by atoms with Crippen LogP contribution in [0.3, 0.4) is 0 Å². The zero-order chi connectivity index (χ0) is 8.48. The molecule has 1 aliphatic heterocycles. The topological polar surface area (TPSA) is 49.7 Å². The van der Waals surface area contributed by atoms with Crippen molar-refractivity contribution >= 4 is 28.1 Å². The van der Waals surface area contributed by atoms with E-state index in [9.17, 15) is 4.79 Å². The Labute approximate surface area is 73.0 Å². The summed E-state index contributed by atoms with van der Waals surface area (Å²) >= 11 is 3.28. The van der Waals surface area contributed by atoms with Gasteiger partial charge in [-0.25, -0.2) is 4.79 Å². The molecule has 0 radical (unpaired) electrons. The first kappa shape index (κ1) is 8.46. The van der Waals surface area contributed by atoms with Crippen LogP contribution in [0.5, 0.6) is 0 Å². The highest BCUT2D eigenvalue weighted by Gasteiger charge is 2.35. The summed E-state index contributed by atoms with van der Waals surface area (Å²) in [6.07, 6.45) is 5.01. The summed E-state index contributed by atoms with van der Waals surface area (Å²) in [5, 5.41) is 8.70. The first-order chi connectivity index (χ1) is 5.04. The van der Waals surface area contributed by atoms with E-state index in [1.54, 1.807) is 19.1 Å². The Kier molecular flexibility index (Phi) is 2.13. The van der Waals surface area contributed by atoms with E-state index < -0.39 is 16.3 Å². The Hall–Kier alpha value is -0.640. The van der Waals surface area contributed by atoms with Crippen molar-refractivity contribution in [3.05, 3.63) is 12.2 Å². The Morgan fingerprint density at radius 3 is 2.82 bits per heavy atom. The van der Waals surface area contributed by atoms with E-state index in [-0.39, 0.29) is 0 Å². The first-order valence-corrected chi connectivity index (χ1v) is 3.96. The van der Waals surface area contributed by atoms with Gasteiger partial charge in [0.05, 0.1) is 4.32 Å². The van der Waals surface area contributed by atoms with Gasteiger partial charge < -0.3 is 5.11 Å². The molecule has 1 rings (SSSR count).